The molecule has 2 fully saturated rings. The smallest absolute Gasteiger partial charge is 0.334 e. The van der Waals surface area contributed by atoms with E-state index in [0.29, 0.717) is 17.9 Å². The van der Waals surface area contributed by atoms with Crippen molar-refractivity contribution in [3.05, 3.63) is 23.8 Å². The molecule has 1 N–H and O–H groups in total. The van der Waals surface area contributed by atoms with Crippen molar-refractivity contribution >= 4 is 5.97 Å². The van der Waals surface area contributed by atoms with E-state index in [2.05, 4.69) is 26.5 Å². The molecule has 1 aliphatic heterocycles. The van der Waals surface area contributed by atoms with Gasteiger partial charge >= 0.3 is 5.97 Å². The number of carbonyl (C=O) groups excluding carboxylic acids is 1. The average Bonchev–Trinajstić information content (AvgIpc) is 2.58. The molecule has 3 heteroatoms. The standard InChI is InChI=1S/C15H20O3/c1-8-4-5-13(16)15(3)7-12-10(6-11(8)15)9(2)14(17)18-12/h4,10-13,16H,2,5-7H2,1,3H3/t10-,11-,12+,13-,15-/m1/s1. The zero-order chi connectivity index (χ0) is 13.1. The van der Waals surface area contributed by atoms with Gasteiger partial charge in [0.25, 0.3) is 0 Å². The third kappa shape index (κ3) is 1.43. The number of fused-ring (bicyclic) bond motifs is 2. The van der Waals surface area contributed by atoms with E-state index in [4.69, 9.17) is 4.74 Å². The number of rotatable bonds is 0. The predicted molar refractivity (Wildman–Crippen MR) is 67.7 cm³/mol. The Morgan fingerprint density at radius 1 is 1.56 bits per heavy atom. The van der Waals surface area contributed by atoms with Gasteiger partial charge in [-0.25, -0.2) is 4.79 Å². The van der Waals surface area contributed by atoms with Crippen molar-refractivity contribution in [1.82, 2.24) is 0 Å². The van der Waals surface area contributed by atoms with Crippen molar-refractivity contribution < 1.29 is 14.6 Å². The molecule has 0 amide bonds. The first kappa shape index (κ1) is 12.0. The zero-order valence-corrected chi connectivity index (χ0v) is 11.0. The highest BCUT2D eigenvalue weighted by molar-refractivity contribution is 5.90. The van der Waals surface area contributed by atoms with E-state index < -0.39 is 0 Å². The molecule has 3 rings (SSSR count). The Hall–Kier alpha value is -1.09. The summed E-state index contributed by atoms with van der Waals surface area (Å²) >= 11 is 0. The third-order valence-electron chi connectivity index (χ3n) is 5.32. The molecule has 0 spiro atoms. The fourth-order valence-corrected chi connectivity index (χ4v) is 4.03. The van der Waals surface area contributed by atoms with Gasteiger partial charge in [-0.05, 0) is 32.1 Å². The molecule has 98 valence electrons. The molecule has 3 aliphatic rings. The van der Waals surface area contributed by atoms with Gasteiger partial charge < -0.3 is 9.84 Å². The van der Waals surface area contributed by atoms with Gasteiger partial charge in [-0.15, -0.1) is 0 Å². The van der Waals surface area contributed by atoms with E-state index in [1.165, 1.54) is 5.57 Å². The highest BCUT2D eigenvalue weighted by atomic mass is 16.6. The lowest BCUT2D eigenvalue weighted by molar-refractivity contribution is -0.145. The van der Waals surface area contributed by atoms with Gasteiger partial charge in [-0.1, -0.05) is 25.2 Å². The van der Waals surface area contributed by atoms with Crippen LogP contribution in [-0.4, -0.2) is 23.3 Å². The van der Waals surface area contributed by atoms with E-state index in [0.717, 1.165) is 12.8 Å². The maximum absolute atomic E-state index is 11.6. The van der Waals surface area contributed by atoms with Crippen LogP contribution in [0.3, 0.4) is 0 Å². The Labute approximate surface area is 108 Å². The molecular formula is C15H20O3. The number of hydrogen-bond acceptors (Lipinski definition) is 3. The highest BCUT2D eigenvalue weighted by Crippen LogP contribution is 2.55. The van der Waals surface area contributed by atoms with Crippen molar-refractivity contribution in [2.24, 2.45) is 17.3 Å². The van der Waals surface area contributed by atoms with Crippen LogP contribution in [-0.2, 0) is 9.53 Å². The zero-order valence-electron chi connectivity index (χ0n) is 11.0. The number of aliphatic hydroxyl groups excluding tert-OH is 1. The first-order valence-electron chi connectivity index (χ1n) is 6.68. The normalized spacial score (nSPS) is 47.2. The van der Waals surface area contributed by atoms with Gasteiger partial charge in [-0.3, -0.25) is 0 Å². The summed E-state index contributed by atoms with van der Waals surface area (Å²) in [7, 11) is 0. The molecule has 1 heterocycles. The molecule has 2 aliphatic carbocycles. The molecule has 0 unspecified atom stereocenters. The molecule has 1 saturated heterocycles. The maximum Gasteiger partial charge on any atom is 0.334 e. The van der Waals surface area contributed by atoms with E-state index in [1.54, 1.807) is 0 Å². The van der Waals surface area contributed by atoms with Gasteiger partial charge in [0, 0.05) is 16.9 Å². The van der Waals surface area contributed by atoms with Crippen LogP contribution in [0.5, 0.6) is 0 Å². The number of aliphatic hydroxyl groups is 1. The first-order chi connectivity index (χ1) is 8.43. The van der Waals surface area contributed by atoms with Gasteiger partial charge in [0.2, 0.25) is 0 Å². The Morgan fingerprint density at radius 3 is 3.00 bits per heavy atom. The SMILES string of the molecule is C=C1C(=O)O[C@H]2C[C@@]3(C)[C@H](O)CC=C(C)[C@H]3C[C@H]12. The van der Waals surface area contributed by atoms with E-state index in [-0.39, 0.29) is 29.5 Å². The second-order valence-electron chi connectivity index (χ2n) is 6.27. The fraction of sp³-hybridized carbons (Fsp3) is 0.667. The summed E-state index contributed by atoms with van der Waals surface area (Å²) in [6, 6.07) is 0. The highest BCUT2D eigenvalue weighted by Gasteiger charge is 2.55. The maximum atomic E-state index is 11.6. The number of allylic oxidation sites excluding steroid dienone is 1. The number of ether oxygens (including phenoxy) is 1. The second-order valence-corrected chi connectivity index (χ2v) is 6.27. The molecule has 18 heavy (non-hydrogen) atoms. The molecule has 0 bridgehead atoms. The minimum Gasteiger partial charge on any atom is -0.458 e. The van der Waals surface area contributed by atoms with Crippen LogP contribution in [0.25, 0.3) is 0 Å². The molecule has 3 nitrogen and oxygen atoms in total. The fourth-order valence-electron chi connectivity index (χ4n) is 4.03. The minimum atomic E-state index is -0.334. The Balaban J connectivity index is 1.96. The van der Waals surface area contributed by atoms with Crippen molar-refractivity contribution in [2.45, 2.75) is 45.3 Å². The van der Waals surface area contributed by atoms with Gasteiger partial charge in [0.1, 0.15) is 6.10 Å². The van der Waals surface area contributed by atoms with Crippen LogP contribution < -0.4 is 0 Å². The predicted octanol–water partition coefficient (Wildman–Crippen LogP) is 2.21. The Morgan fingerprint density at radius 2 is 2.28 bits per heavy atom. The van der Waals surface area contributed by atoms with Crippen LogP contribution in [0, 0.1) is 17.3 Å². The van der Waals surface area contributed by atoms with E-state index in [1.807, 2.05) is 0 Å². The van der Waals surface area contributed by atoms with Gasteiger partial charge in [-0.2, -0.15) is 0 Å². The van der Waals surface area contributed by atoms with Crippen LogP contribution in [0.4, 0.5) is 0 Å². The van der Waals surface area contributed by atoms with Crippen LogP contribution in [0.15, 0.2) is 23.8 Å². The largest absolute Gasteiger partial charge is 0.458 e. The van der Waals surface area contributed by atoms with Gasteiger partial charge in [0.15, 0.2) is 0 Å². The van der Waals surface area contributed by atoms with Crippen LogP contribution in [0.1, 0.15) is 33.1 Å². The first-order valence-corrected chi connectivity index (χ1v) is 6.68. The summed E-state index contributed by atoms with van der Waals surface area (Å²) in [5.74, 6) is 0.237. The molecule has 1 saturated carbocycles. The lowest BCUT2D eigenvalue weighted by Gasteiger charge is -2.50. The molecular weight excluding hydrogens is 228 g/mol. The average molecular weight is 248 g/mol. The van der Waals surface area contributed by atoms with E-state index in [9.17, 15) is 9.90 Å². The van der Waals surface area contributed by atoms with Gasteiger partial charge in [0.05, 0.1) is 6.10 Å². The molecule has 0 aromatic heterocycles. The third-order valence-corrected chi connectivity index (χ3v) is 5.32. The van der Waals surface area contributed by atoms with Crippen molar-refractivity contribution in [1.29, 1.82) is 0 Å². The Bertz CT molecular complexity index is 451. The molecule has 0 aromatic rings. The topological polar surface area (TPSA) is 46.5 Å². The van der Waals surface area contributed by atoms with Crippen molar-refractivity contribution in [3.63, 3.8) is 0 Å². The Kier molecular flexibility index (Phi) is 2.46. The van der Waals surface area contributed by atoms with Crippen molar-refractivity contribution in [3.8, 4) is 0 Å². The second kappa shape index (κ2) is 3.70. The summed E-state index contributed by atoms with van der Waals surface area (Å²) in [6.07, 6.45) is 4.07. The summed E-state index contributed by atoms with van der Waals surface area (Å²) in [6.45, 7) is 8.13. The monoisotopic (exact) mass is 248 g/mol. The summed E-state index contributed by atoms with van der Waals surface area (Å²) < 4.78 is 5.41. The number of carbonyl (C=O) groups is 1. The molecule has 0 radical (unpaired) electrons. The lowest BCUT2D eigenvalue weighted by Crippen LogP contribution is -2.49. The van der Waals surface area contributed by atoms with Crippen molar-refractivity contribution in [2.75, 3.05) is 0 Å². The summed E-state index contributed by atoms with van der Waals surface area (Å²) in [4.78, 5) is 11.6. The molecule has 5 atom stereocenters. The summed E-state index contributed by atoms with van der Waals surface area (Å²) in [5, 5.41) is 10.3. The van der Waals surface area contributed by atoms with Crippen LogP contribution >= 0.6 is 0 Å². The number of esters is 1. The molecule has 0 aromatic carbocycles. The van der Waals surface area contributed by atoms with E-state index >= 15 is 0 Å². The minimum absolute atomic E-state index is 0.0770. The van der Waals surface area contributed by atoms with Crippen LogP contribution in [0.2, 0.25) is 0 Å². The quantitative estimate of drug-likeness (QED) is 0.406. The lowest BCUT2D eigenvalue weighted by atomic mass is 9.56. The number of hydrogen-bond donors (Lipinski definition) is 1. The summed E-state index contributed by atoms with van der Waals surface area (Å²) in [5.41, 5.74) is 1.80.